The fourth-order valence-corrected chi connectivity index (χ4v) is 3.08. The largest absolute Gasteiger partial charge is 0.350 e. The van der Waals surface area contributed by atoms with Crippen LogP contribution < -0.4 is 10.9 Å². The third-order valence-corrected chi connectivity index (χ3v) is 4.78. The number of amides is 2. The van der Waals surface area contributed by atoms with E-state index in [-0.39, 0.29) is 58.8 Å². The fraction of sp³-hybridized carbons (Fsp3) is 0.316. The molecule has 1 aromatic carbocycles. The molecular formula is C19H20ClFN6O3. The highest BCUT2D eigenvalue weighted by molar-refractivity contribution is 6.30. The van der Waals surface area contributed by atoms with Crippen LogP contribution in [0, 0.1) is 5.82 Å². The number of carbonyl (C=O) groups excluding carboxylic acids is 2. The molecule has 0 saturated heterocycles. The van der Waals surface area contributed by atoms with Crippen LogP contribution in [0.15, 0.2) is 35.5 Å². The lowest BCUT2D eigenvalue weighted by Gasteiger charge is -2.26. The smallest absolute Gasteiger partial charge is 0.261 e. The monoisotopic (exact) mass is 434 g/mol. The first-order chi connectivity index (χ1) is 14.3. The van der Waals surface area contributed by atoms with Crippen molar-refractivity contribution >= 4 is 34.4 Å². The Morgan fingerprint density at radius 2 is 2.13 bits per heavy atom. The van der Waals surface area contributed by atoms with Crippen LogP contribution >= 0.6 is 11.6 Å². The number of nitrogens with one attached hydrogen (secondary N) is 2. The van der Waals surface area contributed by atoms with E-state index in [4.69, 9.17) is 11.6 Å². The molecule has 3 rings (SSSR count). The van der Waals surface area contributed by atoms with Gasteiger partial charge >= 0.3 is 0 Å². The molecule has 2 N–H and O–H groups in total. The van der Waals surface area contributed by atoms with Gasteiger partial charge in [-0.05, 0) is 19.9 Å². The van der Waals surface area contributed by atoms with Crippen LogP contribution in [0.2, 0.25) is 5.02 Å². The van der Waals surface area contributed by atoms with Crippen molar-refractivity contribution in [1.29, 1.82) is 0 Å². The van der Waals surface area contributed by atoms with Crippen molar-refractivity contribution in [1.82, 2.24) is 30.0 Å². The van der Waals surface area contributed by atoms with Gasteiger partial charge in [-0.25, -0.2) is 14.1 Å². The van der Waals surface area contributed by atoms with Gasteiger partial charge in [0.1, 0.15) is 17.7 Å². The van der Waals surface area contributed by atoms with Gasteiger partial charge in [-0.3, -0.25) is 14.4 Å². The summed E-state index contributed by atoms with van der Waals surface area (Å²) < 4.78 is 15.3. The van der Waals surface area contributed by atoms with Crippen LogP contribution in [0.3, 0.4) is 0 Å². The Balaban J connectivity index is 1.66. The molecule has 0 radical (unpaired) electrons. The highest BCUT2D eigenvalue weighted by Gasteiger charge is 2.22. The van der Waals surface area contributed by atoms with Crippen LogP contribution in [0.5, 0.6) is 0 Å². The number of hydrogen-bond donors (Lipinski definition) is 2. The summed E-state index contributed by atoms with van der Waals surface area (Å²) in [4.78, 5) is 44.8. The molecule has 2 amide bonds. The molecular weight excluding hydrogens is 415 g/mol. The van der Waals surface area contributed by atoms with E-state index in [0.717, 1.165) is 0 Å². The molecule has 0 atom stereocenters. The van der Waals surface area contributed by atoms with Gasteiger partial charge in [-0.1, -0.05) is 23.7 Å². The standard InChI is InChI=1S/C19H20ClFN6O3/c1-11(2)26(8-15(28)22-6-12-4-3-5-14(20)17(12)21)16(29)9-27-18-13(7-25-27)19(30)24-10-23-18/h3-5,7,10-11H,6,8-9H2,1-2H3,(H,22,28)(H,23,24,30). The highest BCUT2D eigenvalue weighted by atomic mass is 35.5. The molecule has 2 heterocycles. The maximum Gasteiger partial charge on any atom is 0.261 e. The minimum Gasteiger partial charge on any atom is -0.350 e. The minimum atomic E-state index is -0.593. The molecule has 3 aromatic rings. The third-order valence-electron chi connectivity index (χ3n) is 4.49. The van der Waals surface area contributed by atoms with Crippen molar-refractivity contribution in [2.24, 2.45) is 0 Å². The van der Waals surface area contributed by atoms with Gasteiger partial charge in [0.2, 0.25) is 11.8 Å². The second kappa shape index (κ2) is 9.04. The van der Waals surface area contributed by atoms with E-state index in [0.29, 0.717) is 0 Å². The zero-order valence-corrected chi connectivity index (χ0v) is 17.1. The molecule has 0 bridgehead atoms. The van der Waals surface area contributed by atoms with Crippen molar-refractivity contribution in [3.8, 4) is 0 Å². The predicted molar refractivity (Wildman–Crippen MR) is 108 cm³/mol. The molecule has 2 aromatic heterocycles. The lowest BCUT2D eigenvalue weighted by atomic mass is 10.2. The second-order valence-electron chi connectivity index (χ2n) is 6.88. The number of benzene rings is 1. The number of H-pyrrole nitrogens is 1. The summed E-state index contributed by atoms with van der Waals surface area (Å²) >= 11 is 5.74. The first-order valence-corrected chi connectivity index (χ1v) is 9.54. The van der Waals surface area contributed by atoms with Gasteiger partial charge in [0.25, 0.3) is 5.56 Å². The molecule has 0 saturated carbocycles. The number of carbonyl (C=O) groups is 2. The van der Waals surface area contributed by atoms with Crippen molar-refractivity contribution < 1.29 is 14.0 Å². The van der Waals surface area contributed by atoms with Crippen molar-refractivity contribution in [2.45, 2.75) is 33.0 Å². The molecule has 0 fully saturated rings. The zero-order chi connectivity index (χ0) is 21.8. The average molecular weight is 435 g/mol. The van der Waals surface area contributed by atoms with Crippen LogP contribution in [-0.4, -0.2) is 49.0 Å². The zero-order valence-electron chi connectivity index (χ0n) is 16.4. The van der Waals surface area contributed by atoms with Gasteiger partial charge in [0.15, 0.2) is 5.65 Å². The fourth-order valence-electron chi connectivity index (χ4n) is 2.89. The molecule has 0 aliphatic rings. The quantitative estimate of drug-likeness (QED) is 0.584. The molecule has 158 valence electrons. The third kappa shape index (κ3) is 4.65. The average Bonchev–Trinajstić information content (AvgIpc) is 3.11. The predicted octanol–water partition coefficient (Wildman–Crippen LogP) is 1.47. The minimum absolute atomic E-state index is 0.0281. The van der Waals surface area contributed by atoms with Crippen LogP contribution in [0.1, 0.15) is 19.4 Å². The SMILES string of the molecule is CC(C)N(CC(=O)NCc1cccc(Cl)c1F)C(=O)Cn1ncc2c(=O)[nH]cnc21. The Kier molecular flexibility index (Phi) is 6.46. The summed E-state index contributed by atoms with van der Waals surface area (Å²) in [6.07, 6.45) is 2.57. The van der Waals surface area contributed by atoms with Crippen molar-refractivity contribution in [3.05, 3.63) is 57.5 Å². The van der Waals surface area contributed by atoms with Crippen LogP contribution in [-0.2, 0) is 22.7 Å². The van der Waals surface area contributed by atoms with E-state index in [2.05, 4.69) is 20.4 Å². The summed E-state index contributed by atoms with van der Waals surface area (Å²) in [6, 6.07) is 4.25. The lowest BCUT2D eigenvalue weighted by molar-refractivity contribution is -0.138. The number of rotatable bonds is 7. The first kappa shape index (κ1) is 21.4. The summed E-state index contributed by atoms with van der Waals surface area (Å²) in [7, 11) is 0. The topological polar surface area (TPSA) is 113 Å². The van der Waals surface area contributed by atoms with Gasteiger partial charge in [-0.15, -0.1) is 0 Å². The molecule has 0 unspecified atom stereocenters. The van der Waals surface area contributed by atoms with Gasteiger partial charge in [0.05, 0.1) is 24.1 Å². The van der Waals surface area contributed by atoms with E-state index in [1.807, 2.05) is 0 Å². The van der Waals surface area contributed by atoms with E-state index >= 15 is 0 Å². The Hall–Kier alpha value is -3.27. The van der Waals surface area contributed by atoms with Crippen molar-refractivity contribution in [3.63, 3.8) is 0 Å². The maximum atomic E-state index is 14.0. The number of fused-ring (bicyclic) bond motifs is 1. The van der Waals surface area contributed by atoms with E-state index < -0.39 is 11.7 Å². The Morgan fingerprint density at radius 1 is 1.37 bits per heavy atom. The number of aromatic nitrogens is 4. The lowest BCUT2D eigenvalue weighted by Crippen LogP contribution is -2.45. The summed E-state index contributed by atoms with van der Waals surface area (Å²) in [5, 5.41) is 6.87. The summed E-state index contributed by atoms with van der Waals surface area (Å²) in [5.74, 6) is -1.42. The van der Waals surface area contributed by atoms with E-state index in [9.17, 15) is 18.8 Å². The highest BCUT2D eigenvalue weighted by Crippen LogP contribution is 2.17. The molecule has 30 heavy (non-hydrogen) atoms. The van der Waals surface area contributed by atoms with E-state index in [1.165, 1.54) is 34.2 Å². The molecule has 0 aliphatic carbocycles. The Bertz CT molecular complexity index is 1140. The van der Waals surface area contributed by atoms with Gasteiger partial charge in [-0.2, -0.15) is 5.10 Å². The molecule has 0 spiro atoms. The van der Waals surface area contributed by atoms with E-state index in [1.54, 1.807) is 19.9 Å². The first-order valence-electron chi connectivity index (χ1n) is 9.16. The maximum absolute atomic E-state index is 14.0. The number of nitrogens with zero attached hydrogens (tertiary/aromatic N) is 4. The number of halogens is 2. The molecule has 0 aliphatic heterocycles. The molecule has 9 nitrogen and oxygen atoms in total. The Labute approximate surface area is 175 Å². The van der Waals surface area contributed by atoms with Crippen LogP contribution in [0.4, 0.5) is 4.39 Å². The Morgan fingerprint density at radius 3 is 2.87 bits per heavy atom. The summed E-state index contributed by atoms with van der Waals surface area (Å²) in [5.41, 5.74) is 0.168. The van der Waals surface area contributed by atoms with Crippen LogP contribution in [0.25, 0.3) is 11.0 Å². The number of aromatic amines is 1. The van der Waals surface area contributed by atoms with Gasteiger partial charge in [0, 0.05) is 18.2 Å². The normalized spacial score (nSPS) is 11.1. The van der Waals surface area contributed by atoms with Crippen molar-refractivity contribution in [2.75, 3.05) is 6.54 Å². The second-order valence-corrected chi connectivity index (χ2v) is 7.28. The summed E-state index contributed by atoms with van der Waals surface area (Å²) in [6.45, 7) is 3.08. The molecule has 11 heteroatoms. The van der Waals surface area contributed by atoms with Gasteiger partial charge < -0.3 is 15.2 Å². The number of hydrogen-bond acceptors (Lipinski definition) is 5.